The Kier molecular flexibility index (Phi) is 5.88. The molecule has 14 heavy (non-hydrogen) atoms. The SMILES string of the molecule is C=C(C)C(=C)OCCNC(=O)CC#N. The maximum atomic E-state index is 10.8. The number of allylic oxidation sites excluding steroid dienone is 1. The maximum Gasteiger partial charge on any atom is 0.234 e. The van der Waals surface area contributed by atoms with Gasteiger partial charge in [0.15, 0.2) is 0 Å². The Labute approximate surface area is 83.9 Å². The Balaban J connectivity index is 3.48. The summed E-state index contributed by atoms with van der Waals surface area (Å²) in [5.41, 5.74) is 0.758. The molecule has 76 valence electrons. The molecule has 0 aromatic carbocycles. The van der Waals surface area contributed by atoms with Gasteiger partial charge < -0.3 is 10.1 Å². The molecular formula is C10H14N2O2. The van der Waals surface area contributed by atoms with Gasteiger partial charge in [-0.25, -0.2) is 0 Å². The van der Waals surface area contributed by atoms with Crippen LogP contribution in [0.1, 0.15) is 13.3 Å². The van der Waals surface area contributed by atoms with Crippen LogP contribution < -0.4 is 5.32 Å². The highest BCUT2D eigenvalue weighted by atomic mass is 16.5. The summed E-state index contributed by atoms with van der Waals surface area (Å²) in [5.74, 6) is 0.219. The lowest BCUT2D eigenvalue weighted by molar-refractivity contribution is -0.120. The molecule has 0 radical (unpaired) electrons. The molecule has 0 aromatic rings. The van der Waals surface area contributed by atoms with E-state index in [0.717, 1.165) is 5.57 Å². The van der Waals surface area contributed by atoms with Crippen LogP contribution in [0.15, 0.2) is 24.5 Å². The smallest absolute Gasteiger partial charge is 0.234 e. The molecule has 0 saturated carbocycles. The van der Waals surface area contributed by atoms with Gasteiger partial charge in [-0.1, -0.05) is 13.2 Å². The van der Waals surface area contributed by atoms with Gasteiger partial charge in [-0.15, -0.1) is 0 Å². The second kappa shape index (κ2) is 6.72. The van der Waals surface area contributed by atoms with E-state index in [1.165, 1.54) is 0 Å². The zero-order chi connectivity index (χ0) is 11.0. The summed E-state index contributed by atoms with van der Waals surface area (Å²) >= 11 is 0. The number of carbonyl (C=O) groups excluding carboxylic acids is 1. The monoisotopic (exact) mass is 194 g/mol. The topological polar surface area (TPSA) is 62.1 Å². The van der Waals surface area contributed by atoms with Crippen LogP contribution in [-0.2, 0) is 9.53 Å². The molecule has 4 nitrogen and oxygen atoms in total. The molecule has 0 aliphatic rings. The molecule has 0 rings (SSSR count). The van der Waals surface area contributed by atoms with E-state index in [0.29, 0.717) is 18.9 Å². The summed E-state index contributed by atoms with van der Waals surface area (Å²) in [6.45, 7) is 9.76. The first-order valence-electron chi connectivity index (χ1n) is 4.19. The van der Waals surface area contributed by atoms with E-state index >= 15 is 0 Å². The molecular weight excluding hydrogens is 180 g/mol. The Morgan fingerprint density at radius 2 is 2.21 bits per heavy atom. The van der Waals surface area contributed by atoms with Gasteiger partial charge >= 0.3 is 0 Å². The maximum absolute atomic E-state index is 10.8. The highest BCUT2D eigenvalue weighted by Crippen LogP contribution is 2.03. The number of rotatable bonds is 6. The average Bonchev–Trinajstić information content (AvgIpc) is 2.12. The fourth-order valence-corrected chi connectivity index (χ4v) is 0.622. The van der Waals surface area contributed by atoms with Crippen LogP contribution in [0.5, 0.6) is 0 Å². The third-order valence-corrected chi connectivity index (χ3v) is 1.42. The van der Waals surface area contributed by atoms with E-state index < -0.39 is 0 Å². The van der Waals surface area contributed by atoms with Crippen LogP contribution in [0.25, 0.3) is 0 Å². The van der Waals surface area contributed by atoms with Crippen molar-refractivity contribution in [2.24, 2.45) is 0 Å². The largest absolute Gasteiger partial charge is 0.492 e. The summed E-state index contributed by atoms with van der Waals surface area (Å²) < 4.78 is 5.14. The first kappa shape index (κ1) is 12.2. The molecule has 4 heteroatoms. The molecule has 0 aliphatic carbocycles. The normalized spacial score (nSPS) is 8.57. The van der Waals surface area contributed by atoms with Crippen molar-refractivity contribution in [1.82, 2.24) is 5.32 Å². The fraction of sp³-hybridized carbons (Fsp3) is 0.400. The standard InChI is InChI=1S/C10H14N2O2/c1-8(2)9(3)14-7-6-12-10(13)4-5-11/h1,3-4,6-7H2,2H3,(H,12,13). The van der Waals surface area contributed by atoms with E-state index in [1.807, 2.05) is 0 Å². The van der Waals surface area contributed by atoms with Crippen LogP contribution in [-0.4, -0.2) is 19.1 Å². The first-order valence-corrected chi connectivity index (χ1v) is 4.19. The van der Waals surface area contributed by atoms with Gasteiger partial charge in [-0.3, -0.25) is 4.79 Å². The number of hydrogen-bond acceptors (Lipinski definition) is 3. The van der Waals surface area contributed by atoms with Crippen LogP contribution in [0.2, 0.25) is 0 Å². The van der Waals surface area contributed by atoms with Crippen molar-refractivity contribution in [3.63, 3.8) is 0 Å². The molecule has 0 spiro atoms. The van der Waals surface area contributed by atoms with Crippen LogP contribution in [0.4, 0.5) is 0 Å². The van der Waals surface area contributed by atoms with E-state index in [1.54, 1.807) is 13.0 Å². The summed E-state index contributed by atoms with van der Waals surface area (Å²) in [5, 5.41) is 10.7. The van der Waals surface area contributed by atoms with Gasteiger partial charge in [0.25, 0.3) is 0 Å². The Morgan fingerprint density at radius 3 is 2.71 bits per heavy atom. The highest BCUT2D eigenvalue weighted by molar-refractivity contribution is 5.77. The van der Waals surface area contributed by atoms with Crippen molar-refractivity contribution < 1.29 is 9.53 Å². The van der Waals surface area contributed by atoms with Crippen LogP contribution >= 0.6 is 0 Å². The summed E-state index contributed by atoms with van der Waals surface area (Å²) in [4.78, 5) is 10.8. The predicted molar refractivity (Wildman–Crippen MR) is 53.1 cm³/mol. The Morgan fingerprint density at radius 1 is 1.57 bits per heavy atom. The molecule has 0 unspecified atom stereocenters. The zero-order valence-electron chi connectivity index (χ0n) is 8.30. The molecule has 0 aromatic heterocycles. The van der Waals surface area contributed by atoms with Crippen LogP contribution in [0, 0.1) is 11.3 Å². The number of nitrogens with zero attached hydrogens (tertiary/aromatic N) is 1. The summed E-state index contributed by atoms with van der Waals surface area (Å²) in [6.07, 6.45) is -0.124. The number of hydrogen-bond donors (Lipinski definition) is 1. The third kappa shape index (κ3) is 5.84. The quantitative estimate of drug-likeness (QED) is 0.391. The van der Waals surface area contributed by atoms with Crippen molar-refractivity contribution >= 4 is 5.91 Å². The first-order chi connectivity index (χ1) is 6.57. The molecule has 0 atom stereocenters. The fourth-order valence-electron chi connectivity index (χ4n) is 0.622. The number of nitrogens with one attached hydrogen (secondary N) is 1. The van der Waals surface area contributed by atoms with Gasteiger partial charge in [0.2, 0.25) is 5.91 Å². The Bertz CT molecular complexity index is 276. The molecule has 0 saturated heterocycles. The number of ether oxygens (including phenoxy) is 1. The average molecular weight is 194 g/mol. The Hall–Kier alpha value is -1.76. The van der Waals surface area contributed by atoms with Gasteiger partial charge in [0.1, 0.15) is 18.8 Å². The predicted octanol–water partition coefficient (Wildman–Crippen LogP) is 1.12. The molecule has 1 amide bonds. The summed E-state index contributed by atoms with van der Waals surface area (Å²) in [7, 11) is 0. The highest BCUT2D eigenvalue weighted by Gasteiger charge is 1.99. The molecule has 0 fully saturated rings. The minimum atomic E-state index is -0.294. The second-order valence-electron chi connectivity index (χ2n) is 2.74. The van der Waals surface area contributed by atoms with E-state index in [9.17, 15) is 4.79 Å². The van der Waals surface area contributed by atoms with Gasteiger partial charge in [0.05, 0.1) is 12.6 Å². The van der Waals surface area contributed by atoms with Gasteiger partial charge in [-0.2, -0.15) is 5.26 Å². The van der Waals surface area contributed by atoms with Crippen molar-refractivity contribution in [2.75, 3.05) is 13.2 Å². The molecule has 0 aliphatic heterocycles. The van der Waals surface area contributed by atoms with Crippen LogP contribution in [0.3, 0.4) is 0 Å². The molecule has 0 heterocycles. The third-order valence-electron chi connectivity index (χ3n) is 1.42. The zero-order valence-corrected chi connectivity index (χ0v) is 8.30. The minimum absolute atomic E-state index is 0.124. The lowest BCUT2D eigenvalue weighted by Gasteiger charge is -2.08. The van der Waals surface area contributed by atoms with Gasteiger partial charge in [-0.05, 0) is 12.5 Å². The number of nitriles is 1. The minimum Gasteiger partial charge on any atom is -0.492 e. The van der Waals surface area contributed by atoms with Crippen molar-refractivity contribution in [3.8, 4) is 6.07 Å². The number of amides is 1. The lowest BCUT2D eigenvalue weighted by Crippen LogP contribution is -2.26. The van der Waals surface area contributed by atoms with E-state index in [4.69, 9.17) is 10.00 Å². The second-order valence-corrected chi connectivity index (χ2v) is 2.74. The lowest BCUT2D eigenvalue weighted by atomic mass is 10.3. The molecule has 1 N–H and O–H groups in total. The summed E-state index contributed by atoms with van der Waals surface area (Å²) in [6, 6.07) is 1.75. The van der Waals surface area contributed by atoms with E-state index in [-0.39, 0.29) is 12.3 Å². The van der Waals surface area contributed by atoms with Crippen molar-refractivity contribution in [2.45, 2.75) is 13.3 Å². The van der Waals surface area contributed by atoms with Crippen molar-refractivity contribution in [3.05, 3.63) is 24.5 Å². The molecule has 0 bridgehead atoms. The number of carbonyl (C=O) groups is 1. The van der Waals surface area contributed by atoms with E-state index in [2.05, 4.69) is 18.5 Å². The van der Waals surface area contributed by atoms with Crippen molar-refractivity contribution in [1.29, 1.82) is 5.26 Å². The van der Waals surface area contributed by atoms with Gasteiger partial charge in [0, 0.05) is 0 Å².